The van der Waals surface area contributed by atoms with E-state index < -0.39 is 51.2 Å². The largest absolute Gasteiger partial charge is 0.682 e. The summed E-state index contributed by atoms with van der Waals surface area (Å²) in [5.74, 6) is -2.50. The Morgan fingerprint density at radius 3 is 1.39 bits per heavy atom. The van der Waals surface area contributed by atoms with Crippen molar-refractivity contribution < 1.29 is 49.2 Å². The van der Waals surface area contributed by atoms with E-state index in [0.29, 0.717) is 11.4 Å². The Balaban J connectivity index is 1.68. The fourth-order valence-corrected chi connectivity index (χ4v) is 5.27. The molecule has 4 rings (SSSR count). The van der Waals surface area contributed by atoms with Crippen molar-refractivity contribution in [2.45, 2.75) is 32.0 Å². The lowest BCUT2D eigenvalue weighted by Gasteiger charge is -2.40. The summed E-state index contributed by atoms with van der Waals surface area (Å²) < 4.78 is 0. The molecule has 44 heavy (non-hydrogen) atoms. The van der Waals surface area contributed by atoms with Gasteiger partial charge in [-0.15, -0.1) is 15.9 Å². The van der Waals surface area contributed by atoms with Crippen LogP contribution >= 0.6 is 15.9 Å². The van der Waals surface area contributed by atoms with Gasteiger partial charge in [-0.3, -0.25) is 14.5 Å². The molecule has 1 unspecified atom stereocenters. The Hall–Kier alpha value is -3.88. The van der Waals surface area contributed by atoms with E-state index in [4.69, 9.17) is 0 Å². The number of carbonyl (C=O) groups is 2. The molecule has 4 aromatic rings. The molecule has 0 saturated heterocycles. The number of hydrogen-bond donors (Lipinski definition) is 2. The number of rotatable bonds is 13. The maximum Gasteiger partial charge on any atom is 0.320 e. The van der Waals surface area contributed by atoms with Gasteiger partial charge in [-0.25, -0.2) is 19.9 Å². The van der Waals surface area contributed by atoms with Crippen LogP contribution in [0.5, 0.6) is 0 Å². The highest BCUT2D eigenvalue weighted by Gasteiger charge is 2.28. The van der Waals surface area contributed by atoms with E-state index >= 15 is 0 Å². The van der Waals surface area contributed by atoms with E-state index in [1.54, 1.807) is 24.3 Å². The van der Waals surface area contributed by atoms with Crippen LogP contribution in [-0.4, -0.2) is 53.0 Å². The van der Waals surface area contributed by atoms with Crippen molar-refractivity contribution in [2.75, 3.05) is 0 Å². The molecule has 0 fully saturated rings. The van der Waals surface area contributed by atoms with Crippen molar-refractivity contribution in [3.8, 4) is 22.8 Å². The summed E-state index contributed by atoms with van der Waals surface area (Å²) >= 11 is 0. The van der Waals surface area contributed by atoms with Crippen molar-refractivity contribution in [3.05, 3.63) is 84.2 Å². The molecule has 4 heterocycles. The van der Waals surface area contributed by atoms with E-state index in [1.165, 1.54) is 41.3 Å². The van der Waals surface area contributed by atoms with Gasteiger partial charge in [0, 0.05) is 19.5 Å². The molecule has 17 heteroatoms. The second kappa shape index (κ2) is 13.8. The van der Waals surface area contributed by atoms with E-state index in [9.17, 15) is 49.2 Å². The highest BCUT2D eigenvalue weighted by molar-refractivity contribution is 7.62. The first-order valence-electron chi connectivity index (χ1n) is 12.8. The quantitative estimate of drug-likeness (QED) is 0.137. The summed E-state index contributed by atoms with van der Waals surface area (Å²) in [5, 5.41) is 19.2. The number of aromatic nitrogens is 4. The molecule has 4 aromatic heterocycles. The third kappa shape index (κ3) is 8.83. The molecule has 0 bridgehead atoms. The monoisotopic (exact) mass is 639 g/mol. The second-order valence-electron chi connectivity index (χ2n) is 9.48. The van der Waals surface area contributed by atoms with Crippen LogP contribution in [0.3, 0.4) is 0 Å². The smallest absolute Gasteiger partial charge is 0.320 e. The number of carboxylic acids is 2. The summed E-state index contributed by atoms with van der Waals surface area (Å²) in [4.78, 5) is 110. The van der Waals surface area contributed by atoms with E-state index in [2.05, 4.69) is 19.9 Å². The van der Waals surface area contributed by atoms with Crippen LogP contribution in [-0.2, 0) is 22.7 Å². The Bertz CT molecular complexity index is 1540. The Morgan fingerprint density at radius 1 is 0.636 bits per heavy atom. The first kappa shape index (κ1) is 33.0. The minimum absolute atomic E-state index is 0.0910. The normalized spacial score (nSPS) is 12.7. The van der Waals surface area contributed by atoms with Crippen molar-refractivity contribution in [3.63, 3.8) is 0 Å². The number of aliphatic carboxylic acids is 2. The number of nitrogens with zero attached hydrogens (tertiary/aromatic N) is 5. The zero-order valence-electron chi connectivity index (χ0n) is 22.6. The fourth-order valence-electron chi connectivity index (χ4n) is 4.27. The maximum absolute atomic E-state index is 12.3. The van der Waals surface area contributed by atoms with Gasteiger partial charge in [-0.05, 0) is 55.0 Å². The van der Waals surface area contributed by atoms with E-state index in [1.807, 2.05) is 0 Å². The molecule has 0 spiro atoms. The summed E-state index contributed by atoms with van der Waals surface area (Å²) in [6.07, 6.45) is -0.710. The Morgan fingerprint density at radius 2 is 1.02 bits per heavy atom. The minimum Gasteiger partial charge on any atom is -0.682 e. The van der Waals surface area contributed by atoms with Gasteiger partial charge in [-0.1, -0.05) is 24.3 Å². The SMILES string of the molecule is O=C(O)CCC(C(=O)O)N(Cc1cccc(-c2cccc([P+]([O-])([O-])[O-])n2)n1)Cc1cccc(-c2cccc([P+]([O-])([O-])[O-])n2)n1. The van der Waals surface area contributed by atoms with Gasteiger partial charge >= 0.3 is 11.9 Å². The molecular formula is C27H23N5O10P2-4. The van der Waals surface area contributed by atoms with E-state index in [-0.39, 0.29) is 42.3 Å². The average Bonchev–Trinajstić information content (AvgIpc) is 2.96. The van der Waals surface area contributed by atoms with Crippen LogP contribution in [0, 0.1) is 0 Å². The van der Waals surface area contributed by atoms with Gasteiger partial charge in [0.25, 0.3) is 0 Å². The lowest BCUT2D eigenvalue weighted by molar-refractivity contribution is -0.423. The zero-order valence-corrected chi connectivity index (χ0v) is 24.4. The van der Waals surface area contributed by atoms with Gasteiger partial charge < -0.3 is 39.6 Å². The standard InChI is InChI=1S/C27H27N5O10P2/c33-26(34)14-13-23(27(35)36)32(15-17-5-1-7-19(28-17)21-9-3-11-24(30-21)43(37,38)39)16-18-6-2-8-20(29-18)22-10-4-12-25(31-22)44(40,41)42/h1-12,23H,13-16H2,(H,33,34)(H,35,36)(H2,37,38,39)(H2,40,41,42)/p-4. The molecular weight excluding hydrogens is 616 g/mol. The van der Waals surface area contributed by atoms with Crippen LogP contribution in [0.15, 0.2) is 72.8 Å². The average molecular weight is 639 g/mol. The van der Waals surface area contributed by atoms with Crippen LogP contribution in [0.4, 0.5) is 0 Å². The van der Waals surface area contributed by atoms with Crippen LogP contribution in [0.25, 0.3) is 22.8 Å². The number of pyridine rings is 4. The molecule has 0 aliphatic heterocycles. The predicted octanol–water partition coefficient (Wildman–Crippen LogP) is -3.14. The second-order valence-corrected chi connectivity index (χ2v) is 12.4. The summed E-state index contributed by atoms with van der Waals surface area (Å²) in [5.41, 5.74) is -0.107. The topological polar surface area (TPSA) is 268 Å². The van der Waals surface area contributed by atoms with Crippen LogP contribution in [0.1, 0.15) is 24.2 Å². The van der Waals surface area contributed by atoms with Gasteiger partial charge in [0.15, 0.2) is 10.9 Å². The van der Waals surface area contributed by atoms with Gasteiger partial charge in [0.1, 0.15) is 6.04 Å². The molecule has 15 nitrogen and oxygen atoms in total. The molecule has 2 N–H and O–H groups in total. The highest BCUT2D eigenvalue weighted by Crippen LogP contribution is 2.28. The number of hydrogen-bond acceptors (Lipinski definition) is 13. The lowest BCUT2D eigenvalue weighted by Crippen LogP contribution is -2.42. The fraction of sp³-hybridized carbons (Fsp3) is 0.185. The van der Waals surface area contributed by atoms with Gasteiger partial charge in [-0.2, -0.15) is 0 Å². The van der Waals surface area contributed by atoms with Crippen molar-refractivity contribution in [1.29, 1.82) is 0 Å². The minimum atomic E-state index is -5.13. The molecule has 230 valence electrons. The van der Waals surface area contributed by atoms with Crippen molar-refractivity contribution in [2.24, 2.45) is 0 Å². The predicted molar refractivity (Wildman–Crippen MR) is 146 cm³/mol. The molecule has 0 aliphatic rings. The molecule has 0 aliphatic carbocycles. The molecule has 0 amide bonds. The Labute approximate surface area is 251 Å². The third-order valence-electron chi connectivity index (χ3n) is 6.26. The summed E-state index contributed by atoms with van der Waals surface area (Å²) in [7, 11) is -10.3. The van der Waals surface area contributed by atoms with Crippen molar-refractivity contribution in [1.82, 2.24) is 24.8 Å². The third-order valence-corrected chi connectivity index (χ3v) is 7.88. The van der Waals surface area contributed by atoms with Crippen molar-refractivity contribution >= 4 is 38.7 Å². The first-order chi connectivity index (χ1) is 20.7. The molecule has 0 aromatic carbocycles. The lowest BCUT2D eigenvalue weighted by atomic mass is 10.1. The summed E-state index contributed by atoms with van der Waals surface area (Å²) in [6.45, 7) is -0.248. The summed E-state index contributed by atoms with van der Waals surface area (Å²) in [6, 6.07) is 15.7. The zero-order chi connectivity index (χ0) is 32.1. The molecule has 0 radical (unpaired) electrons. The van der Waals surface area contributed by atoms with Gasteiger partial charge in [0.05, 0.1) is 34.2 Å². The highest BCUT2D eigenvalue weighted by atomic mass is 31.2. The first-order valence-corrected chi connectivity index (χ1v) is 15.9. The Kier molecular flexibility index (Phi) is 10.4. The van der Waals surface area contributed by atoms with E-state index in [0.717, 1.165) is 12.1 Å². The maximum atomic E-state index is 12.3. The molecule has 1 atom stereocenters. The van der Waals surface area contributed by atoms with Crippen LogP contribution < -0.4 is 40.2 Å². The van der Waals surface area contributed by atoms with Crippen LogP contribution in [0.2, 0.25) is 0 Å². The number of carboxylic acid groups (broad SMARTS) is 2. The molecule has 0 saturated carbocycles. The van der Waals surface area contributed by atoms with Gasteiger partial charge in [0.2, 0.25) is 0 Å².